The van der Waals surface area contributed by atoms with E-state index in [-0.39, 0.29) is 55.3 Å². The number of halogens is 2. The highest BCUT2D eigenvalue weighted by molar-refractivity contribution is 6.33. The number of nitrogens with zero attached hydrogens (tertiary/aromatic N) is 5. The lowest BCUT2D eigenvalue weighted by Crippen LogP contribution is -2.49. The zero-order valence-electron chi connectivity index (χ0n) is 23.9. The number of hydrogen-bond acceptors (Lipinski definition) is 6. The van der Waals surface area contributed by atoms with Crippen LogP contribution in [-0.2, 0) is 11.3 Å². The average molecular weight is 641 g/mol. The standard InChI is InChI=1S/C31H31Cl2N5O6/c1-19-15-37(30(41)42)25(16-44-19)20-6-8-21(9-7-20)38-26(33)14-23-27(38)34-18-36(29(23)40)17-31(43)10-12-35(13-11-31)28(39)22-4-2-3-5-24(22)32/h2-9,14,18-19,25,43H,10-13,15-17H2,1H3,(H,41,42)/t19-,25-/m0/s1. The van der Waals surface area contributed by atoms with Crippen molar-refractivity contribution in [3.05, 3.63) is 92.6 Å². The molecule has 0 aliphatic carbocycles. The molecule has 0 spiro atoms. The molecule has 2 aromatic carbocycles. The van der Waals surface area contributed by atoms with E-state index in [4.69, 9.17) is 27.9 Å². The van der Waals surface area contributed by atoms with Crippen LogP contribution in [0, 0.1) is 0 Å². The Balaban J connectivity index is 1.19. The third-order valence-corrected chi connectivity index (χ3v) is 9.05. The molecular formula is C31H31Cl2N5O6. The predicted molar refractivity (Wildman–Crippen MR) is 165 cm³/mol. The highest BCUT2D eigenvalue weighted by atomic mass is 35.5. The summed E-state index contributed by atoms with van der Waals surface area (Å²) in [6, 6.07) is 15.2. The highest BCUT2D eigenvalue weighted by Gasteiger charge is 2.36. The van der Waals surface area contributed by atoms with Gasteiger partial charge in [-0.15, -0.1) is 0 Å². The topological polar surface area (TPSA) is 130 Å². The molecular weight excluding hydrogens is 609 g/mol. The van der Waals surface area contributed by atoms with Gasteiger partial charge in [-0.05, 0) is 55.7 Å². The Bertz CT molecular complexity index is 1780. The molecule has 2 fully saturated rings. The normalized spacial score (nSPS) is 20.2. The van der Waals surface area contributed by atoms with E-state index in [1.807, 2.05) is 19.1 Å². The number of benzene rings is 2. The van der Waals surface area contributed by atoms with Crippen molar-refractivity contribution in [2.75, 3.05) is 26.2 Å². The molecule has 0 radical (unpaired) electrons. The Labute approximate surface area is 262 Å². The van der Waals surface area contributed by atoms with E-state index in [2.05, 4.69) is 4.98 Å². The maximum atomic E-state index is 13.5. The summed E-state index contributed by atoms with van der Waals surface area (Å²) in [5.41, 5.74) is 0.655. The minimum Gasteiger partial charge on any atom is -0.465 e. The van der Waals surface area contributed by atoms with E-state index < -0.39 is 17.7 Å². The minimum atomic E-state index is -1.21. The second-order valence-electron chi connectivity index (χ2n) is 11.4. The molecule has 2 aliphatic heterocycles. The van der Waals surface area contributed by atoms with Crippen molar-refractivity contribution in [3.8, 4) is 5.69 Å². The maximum absolute atomic E-state index is 13.5. The van der Waals surface area contributed by atoms with Gasteiger partial charge in [-0.3, -0.25) is 23.6 Å². The number of morpholine rings is 1. The number of ether oxygens (including phenoxy) is 1. The van der Waals surface area contributed by atoms with Gasteiger partial charge in [0.05, 0.1) is 53.4 Å². The SMILES string of the molecule is C[C@H]1CN(C(=O)O)[C@H](c2ccc(-n3c(Cl)cc4c(=O)n(CC5(O)CCN(C(=O)c6ccccc6Cl)CC5)cnc43)cc2)CO1. The summed E-state index contributed by atoms with van der Waals surface area (Å²) in [4.78, 5) is 45.8. The first-order valence-electron chi connectivity index (χ1n) is 14.3. The number of carbonyl (C=O) groups is 2. The third kappa shape index (κ3) is 5.68. The van der Waals surface area contributed by atoms with Gasteiger partial charge in [0.2, 0.25) is 0 Å². The van der Waals surface area contributed by atoms with Crippen LogP contribution in [0.3, 0.4) is 0 Å². The summed E-state index contributed by atoms with van der Waals surface area (Å²) >= 11 is 12.8. The second kappa shape index (κ2) is 11.9. The number of carbonyl (C=O) groups excluding carboxylic acids is 1. The number of likely N-dealkylation sites (tertiary alicyclic amines) is 1. The number of carboxylic acid groups (broad SMARTS) is 1. The van der Waals surface area contributed by atoms with Gasteiger partial charge in [0.1, 0.15) is 11.5 Å². The van der Waals surface area contributed by atoms with E-state index in [1.54, 1.807) is 51.9 Å². The lowest BCUT2D eigenvalue weighted by molar-refractivity contribution is -0.0465. The smallest absolute Gasteiger partial charge is 0.407 e. The number of aromatic nitrogens is 3. The summed E-state index contributed by atoms with van der Waals surface area (Å²) in [6.07, 6.45) is 0.780. The van der Waals surface area contributed by atoms with E-state index >= 15 is 0 Å². The van der Waals surface area contributed by atoms with Crippen molar-refractivity contribution in [3.63, 3.8) is 0 Å². The van der Waals surface area contributed by atoms with Gasteiger partial charge in [-0.25, -0.2) is 9.78 Å². The first-order valence-corrected chi connectivity index (χ1v) is 15.0. The van der Waals surface area contributed by atoms with Gasteiger partial charge in [0, 0.05) is 18.8 Å². The molecule has 0 bridgehead atoms. The monoisotopic (exact) mass is 639 g/mol. The number of amides is 2. The molecule has 2 saturated heterocycles. The largest absolute Gasteiger partial charge is 0.465 e. The lowest BCUT2D eigenvalue weighted by atomic mass is 9.91. The first kappa shape index (κ1) is 30.1. The highest BCUT2D eigenvalue weighted by Crippen LogP contribution is 2.31. The number of piperidine rings is 1. The number of hydrogen-bond donors (Lipinski definition) is 2. The molecule has 2 N–H and O–H groups in total. The van der Waals surface area contributed by atoms with Gasteiger partial charge in [-0.1, -0.05) is 47.5 Å². The molecule has 44 heavy (non-hydrogen) atoms. The Morgan fingerprint density at radius 3 is 2.48 bits per heavy atom. The molecule has 11 nitrogen and oxygen atoms in total. The van der Waals surface area contributed by atoms with Crippen LogP contribution in [0.2, 0.25) is 10.2 Å². The molecule has 2 aliphatic rings. The van der Waals surface area contributed by atoms with Crippen LogP contribution >= 0.6 is 23.2 Å². The molecule has 4 heterocycles. The van der Waals surface area contributed by atoms with Crippen molar-refractivity contribution in [1.82, 2.24) is 23.9 Å². The molecule has 230 valence electrons. The van der Waals surface area contributed by atoms with Crippen molar-refractivity contribution in [1.29, 1.82) is 0 Å². The fourth-order valence-electron chi connectivity index (χ4n) is 5.99. The van der Waals surface area contributed by atoms with Gasteiger partial charge < -0.3 is 19.8 Å². The van der Waals surface area contributed by atoms with Crippen molar-refractivity contribution >= 4 is 46.2 Å². The third-order valence-electron chi connectivity index (χ3n) is 8.44. The van der Waals surface area contributed by atoms with Crippen LogP contribution in [0.1, 0.15) is 41.7 Å². The van der Waals surface area contributed by atoms with E-state index in [0.29, 0.717) is 40.4 Å². The summed E-state index contributed by atoms with van der Waals surface area (Å²) in [5.74, 6) is -0.192. The molecule has 6 rings (SSSR count). The molecule has 0 saturated carbocycles. The van der Waals surface area contributed by atoms with Crippen LogP contribution < -0.4 is 5.56 Å². The number of aliphatic hydroxyl groups is 1. The second-order valence-corrected chi connectivity index (χ2v) is 12.2. The van der Waals surface area contributed by atoms with Crippen LogP contribution in [-0.4, -0.2) is 84.1 Å². The molecule has 4 aromatic rings. The van der Waals surface area contributed by atoms with Gasteiger partial charge >= 0.3 is 6.09 Å². The van der Waals surface area contributed by atoms with Gasteiger partial charge in [0.25, 0.3) is 11.5 Å². The van der Waals surface area contributed by atoms with Crippen LogP contribution in [0.15, 0.2) is 65.7 Å². The summed E-state index contributed by atoms with van der Waals surface area (Å²) in [5, 5.41) is 22.0. The van der Waals surface area contributed by atoms with E-state index in [1.165, 1.54) is 15.8 Å². The Morgan fingerprint density at radius 2 is 1.80 bits per heavy atom. The Morgan fingerprint density at radius 1 is 1.09 bits per heavy atom. The van der Waals surface area contributed by atoms with Crippen molar-refractivity contribution in [2.45, 2.75) is 44.1 Å². The van der Waals surface area contributed by atoms with Crippen LogP contribution in [0.25, 0.3) is 16.7 Å². The lowest BCUT2D eigenvalue weighted by Gasteiger charge is -2.38. The van der Waals surface area contributed by atoms with Crippen molar-refractivity contribution < 1.29 is 24.5 Å². The zero-order valence-corrected chi connectivity index (χ0v) is 25.4. The number of fused-ring (bicyclic) bond motifs is 1. The van der Waals surface area contributed by atoms with Gasteiger partial charge in [-0.2, -0.15) is 0 Å². The molecule has 13 heteroatoms. The fraction of sp³-hybridized carbons (Fsp3) is 0.355. The van der Waals surface area contributed by atoms with Crippen molar-refractivity contribution in [2.24, 2.45) is 0 Å². The summed E-state index contributed by atoms with van der Waals surface area (Å²) < 4.78 is 8.73. The van der Waals surface area contributed by atoms with Gasteiger partial charge in [0.15, 0.2) is 5.65 Å². The quantitative estimate of drug-likeness (QED) is 0.326. The van der Waals surface area contributed by atoms with E-state index in [9.17, 15) is 24.6 Å². The first-order chi connectivity index (χ1) is 21.0. The van der Waals surface area contributed by atoms with Crippen LogP contribution in [0.4, 0.5) is 4.79 Å². The molecule has 0 unspecified atom stereocenters. The maximum Gasteiger partial charge on any atom is 0.407 e. The number of rotatable bonds is 5. The average Bonchev–Trinajstić information content (AvgIpc) is 3.35. The van der Waals surface area contributed by atoms with Crippen LogP contribution in [0.5, 0.6) is 0 Å². The van der Waals surface area contributed by atoms with E-state index in [0.717, 1.165) is 5.56 Å². The summed E-state index contributed by atoms with van der Waals surface area (Å²) in [7, 11) is 0. The Hall–Kier alpha value is -3.90. The zero-order chi connectivity index (χ0) is 31.2. The minimum absolute atomic E-state index is 0.0164. The summed E-state index contributed by atoms with van der Waals surface area (Å²) in [6.45, 7) is 3.02. The fourth-order valence-corrected chi connectivity index (χ4v) is 6.49. The molecule has 2 amide bonds. The molecule has 2 aromatic heterocycles. The predicted octanol–water partition coefficient (Wildman–Crippen LogP) is 4.60. The Kier molecular flexibility index (Phi) is 8.14. The molecule has 2 atom stereocenters.